The van der Waals surface area contributed by atoms with Crippen LogP contribution in [0.25, 0.3) is 0 Å². The van der Waals surface area contributed by atoms with Crippen LogP contribution in [0.5, 0.6) is 0 Å². The van der Waals surface area contributed by atoms with Crippen molar-refractivity contribution in [2.45, 2.75) is 32.2 Å². The van der Waals surface area contributed by atoms with E-state index in [0.717, 1.165) is 10.5 Å². The van der Waals surface area contributed by atoms with E-state index in [9.17, 15) is 18.4 Å². The Bertz CT molecular complexity index is 634. The number of aromatic nitrogens is 1. The first-order valence-corrected chi connectivity index (χ1v) is 8.11. The molecule has 1 aromatic heterocycles. The highest BCUT2D eigenvalue weighted by Crippen LogP contribution is 2.20. The number of morpholine rings is 1. The second-order valence-electron chi connectivity index (χ2n) is 6.33. The second-order valence-corrected chi connectivity index (χ2v) is 6.33. The summed E-state index contributed by atoms with van der Waals surface area (Å²) in [6.07, 6.45) is 1.74. The summed E-state index contributed by atoms with van der Waals surface area (Å²) in [5.74, 6) is -4.87. The molecular formula is C17H23F2N3O3. The van der Waals surface area contributed by atoms with Gasteiger partial charge in [0.1, 0.15) is 0 Å². The fourth-order valence-electron chi connectivity index (χ4n) is 2.73. The summed E-state index contributed by atoms with van der Waals surface area (Å²) in [5.41, 5.74) is 1.58. The van der Waals surface area contributed by atoms with Crippen LogP contribution in [0.2, 0.25) is 0 Å². The number of aryl methyl sites for hydroxylation is 1. The number of carbonyl (C=O) groups is 2. The van der Waals surface area contributed by atoms with Gasteiger partial charge in [0.2, 0.25) is 5.91 Å². The van der Waals surface area contributed by atoms with Crippen LogP contribution < -0.4 is 0 Å². The molecule has 0 radical (unpaired) electrons. The van der Waals surface area contributed by atoms with Gasteiger partial charge < -0.3 is 14.5 Å². The minimum atomic E-state index is -3.44. The largest absolute Gasteiger partial charge is 0.377 e. The first kappa shape index (κ1) is 19.2. The maximum atomic E-state index is 13.4. The van der Waals surface area contributed by atoms with Crippen molar-refractivity contribution in [1.29, 1.82) is 0 Å². The number of ether oxygens (including phenoxy) is 1. The fourth-order valence-corrected chi connectivity index (χ4v) is 2.73. The number of amides is 2. The minimum absolute atomic E-state index is 0.0916. The number of alkyl halides is 2. The van der Waals surface area contributed by atoms with Crippen LogP contribution in [-0.4, -0.2) is 71.9 Å². The predicted molar refractivity (Wildman–Crippen MR) is 87.3 cm³/mol. The molecule has 0 saturated carbocycles. The summed E-state index contributed by atoms with van der Waals surface area (Å²) >= 11 is 0. The summed E-state index contributed by atoms with van der Waals surface area (Å²) in [4.78, 5) is 31.1. The Hall–Kier alpha value is -2.09. The summed E-state index contributed by atoms with van der Waals surface area (Å²) in [6.45, 7) is 3.01. The van der Waals surface area contributed by atoms with Crippen molar-refractivity contribution in [1.82, 2.24) is 14.8 Å². The summed E-state index contributed by atoms with van der Waals surface area (Å²) < 4.78 is 32.1. The number of carbonyl (C=O) groups excluding carboxylic acids is 2. The van der Waals surface area contributed by atoms with Gasteiger partial charge in [-0.25, -0.2) is 0 Å². The normalized spacial score (nSPS) is 18.1. The molecule has 1 aliphatic heterocycles. The van der Waals surface area contributed by atoms with Crippen LogP contribution in [0.4, 0.5) is 8.78 Å². The first-order chi connectivity index (χ1) is 11.7. The third-order valence-electron chi connectivity index (χ3n) is 4.21. The van der Waals surface area contributed by atoms with Crippen LogP contribution >= 0.6 is 0 Å². The van der Waals surface area contributed by atoms with Crippen molar-refractivity contribution in [3.05, 3.63) is 29.6 Å². The predicted octanol–water partition coefficient (Wildman–Crippen LogP) is 1.27. The zero-order valence-corrected chi connectivity index (χ0v) is 14.7. The van der Waals surface area contributed by atoms with Gasteiger partial charge in [0, 0.05) is 33.3 Å². The average Bonchev–Trinajstić information content (AvgIpc) is 2.56. The smallest absolute Gasteiger partial charge is 0.322 e. The maximum absolute atomic E-state index is 13.4. The quantitative estimate of drug-likeness (QED) is 0.798. The highest BCUT2D eigenvalue weighted by Gasteiger charge is 2.41. The van der Waals surface area contributed by atoms with Gasteiger partial charge >= 0.3 is 5.92 Å². The molecule has 0 aliphatic carbocycles. The Morgan fingerprint density at radius 3 is 2.84 bits per heavy atom. The van der Waals surface area contributed by atoms with Crippen molar-refractivity contribution in [3.63, 3.8) is 0 Å². The Kier molecular flexibility index (Phi) is 6.05. The second kappa shape index (κ2) is 7.86. The van der Waals surface area contributed by atoms with E-state index in [2.05, 4.69) is 4.98 Å². The van der Waals surface area contributed by atoms with E-state index in [1.807, 2.05) is 13.0 Å². The molecule has 1 aromatic rings. The van der Waals surface area contributed by atoms with Gasteiger partial charge in [0.25, 0.3) is 5.91 Å². The van der Waals surface area contributed by atoms with E-state index < -0.39 is 17.9 Å². The third kappa shape index (κ3) is 4.94. The van der Waals surface area contributed by atoms with Gasteiger partial charge in [-0.3, -0.25) is 14.6 Å². The van der Waals surface area contributed by atoms with E-state index in [1.54, 1.807) is 19.3 Å². The van der Waals surface area contributed by atoms with E-state index >= 15 is 0 Å². The van der Waals surface area contributed by atoms with E-state index in [1.165, 1.54) is 4.90 Å². The molecule has 138 valence electrons. The topological polar surface area (TPSA) is 62.7 Å². The molecule has 8 heteroatoms. The molecule has 0 aromatic carbocycles. The number of hydrogen-bond acceptors (Lipinski definition) is 4. The zero-order chi connectivity index (χ0) is 18.6. The van der Waals surface area contributed by atoms with Gasteiger partial charge in [-0.1, -0.05) is 6.07 Å². The average molecular weight is 355 g/mol. The standard InChI is InChI=1S/C17H23F2N3O3/c1-12-5-4-6-20-14(12)9-15(23)21(3)10-13-11-25-8-7-22(13)16(24)17(2,18)19/h4-6,13H,7-11H2,1-3H3. The molecule has 1 unspecified atom stereocenters. The fraction of sp³-hybridized carbons (Fsp3) is 0.588. The van der Waals surface area contributed by atoms with E-state index in [0.29, 0.717) is 12.6 Å². The summed E-state index contributed by atoms with van der Waals surface area (Å²) in [7, 11) is 1.59. The molecule has 2 rings (SSSR count). The number of halogens is 2. The van der Waals surface area contributed by atoms with Crippen molar-refractivity contribution in [3.8, 4) is 0 Å². The van der Waals surface area contributed by atoms with Crippen LogP contribution in [0.3, 0.4) is 0 Å². The van der Waals surface area contributed by atoms with Crippen molar-refractivity contribution < 1.29 is 23.1 Å². The molecule has 1 fully saturated rings. The first-order valence-electron chi connectivity index (χ1n) is 8.11. The van der Waals surface area contributed by atoms with Crippen LogP contribution in [0.15, 0.2) is 18.3 Å². The highest BCUT2D eigenvalue weighted by atomic mass is 19.3. The molecule has 2 heterocycles. The monoisotopic (exact) mass is 355 g/mol. The minimum Gasteiger partial charge on any atom is -0.377 e. The molecular weight excluding hydrogens is 332 g/mol. The molecule has 1 atom stereocenters. The lowest BCUT2D eigenvalue weighted by Gasteiger charge is -2.38. The Labute approximate surface area is 145 Å². The Balaban J connectivity index is 2.02. The number of nitrogens with zero attached hydrogens (tertiary/aromatic N) is 3. The van der Waals surface area contributed by atoms with Crippen molar-refractivity contribution in [2.75, 3.05) is 33.4 Å². The van der Waals surface area contributed by atoms with Crippen molar-refractivity contribution in [2.24, 2.45) is 0 Å². The number of rotatable bonds is 5. The Morgan fingerprint density at radius 2 is 2.20 bits per heavy atom. The summed E-state index contributed by atoms with van der Waals surface area (Å²) in [6, 6.07) is 3.07. The lowest BCUT2D eigenvalue weighted by atomic mass is 10.1. The van der Waals surface area contributed by atoms with Gasteiger partial charge in [-0.05, 0) is 18.6 Å². The van der Waals surface area contributed by atoms with Gasteiger partial charge in [0.05, 0.1) is 31.4 Å². The molecule has 0 N–H and O–H groups in total. The van der Waals surface area contributed by atoms with Gasteiger partial charge in [-0.2, -0.15) is 8.78 Å². The number of pyridine rings is 1. The molecule has 0 spiro atoms. The van der Waals surface area contributed by atoms with E-state index in [-0.39, 0.29) is 38.6 Å². The van der Waals surface area contributed by atoms with Gasteiger partial charge in [0.15, 0.2) is 0 Å². The summed E-state index contributed by atoms with van der Waals surface area (Å²) in [5, 5.41) is 0. The lowest BCUT2D eigenvalue weighted by molar-refractivity contribution is -0.164. The molecule has 2 amide bonds. The molecule has 1 saturated heterocycles. The SMILES string of the molecule is Cc1cccnc1CC(=O)N(C)CC1COCCN1C(=O)C(C)(F)F. The number of hydrogen-bond donors (Lipinski definition) is 0. The van der Waals surface area contributed by atoms with Crippen LogP contribution in [0.1, 0.15) is 18.2 Å². The van der Waals surface area contributed by atoms with Crippen molar-refractivity contribution >= 4 is 11.8 Å². The third-order valence-corrected chi connectivity index (χ3v) is 4.21. The maximum Gasteiger partial charge on any atom is 0.322 e. The highest BCUT2D eigenvalue weighted by molar-refractivity contribution is 5.83. The Morgan fingerprint density at radius 1 is 1.48 bits per heavy atom. The molecule has 25 heavy (non-hydrogen) atoms. The van der Waals surface area contributed by atoms with Crippen LogP contribution in [0, 0.1) is 6.92 Å². The molecule has 0 bridgehead atoms. The lowest BCUT2D eigenvalue weighted by Crippen LogP contribution is -2.57. The van der Waals surface area contributed by atoms with Gasteiger partial charge in [-0.15, -0.1) is 0 Å². The molecule has 6 nitrogen and oxygen atoms in total. The molecule has 1 aliphatic rings. The zero-order valence-electron chi connectivity index (χ0n) is 14.7. The number of likely N-dealkylation sites (N-methyl/N-ethyl adjacent to an activating group) is 1. The van der Waals surface area contributed by atoms with E-state index in [4.69, 9.17) is 4.74 Å². The van der Waals surface area contributed by atoms with Crippen LogP contribution in [-0.2, 0) is 20.7 Å².